The minimum atomic E-state index is 0.452. The zero-order chi connectivity index (χ0) is 10.9. The average molecular weight is 205 g/mol. The van der Waals surface area contributed by atoms with E-state index in [1.54, 1.807) is 0 Å². The SMILES string of the molecule is CCCc1ccc(CCNCC=O)cc1. The molecule has 15 heavy (non-hydrogen) atoms. The highest BCUT2D eigenvalue weighted by atomic mass is 16.1. The highest BCUT2D eigenvalue weighted by Gasteiger charge is 1.94. The minimum Gasteiger partial charge on any atom is -0.310 e. The van der Waals surface area contributed by atoms with Gasteiger partial charge in [0.2, 0.25) is 0 Å². The third-order valence-electron chi connectivity index (χ3n) is 2.38. The lowest BCUT2D eigenvalue weighted by atomic mass is 10.1. The quantitative estimate of drug-likeness (QED) is 0.544. The van der Waals surface area contributed by atoms with Crippen molar-refractivity contribution in [3.05, 3.63) is 35.4 Å². The van der Waals surface area contributed by atoms with E-state index >= 15 is 0 Å². The molecule has 0 aromatic heterocycles. The van der Waals surface area contributed by atoms with Crippen LogP contribution in [0.1, 0.15) is 24.5 Å². The predicted molar refractivity (Wildman–Crippen MR) is 63.1 cm³/mol. The molecule has 1 N–H and O–H groups in total. The van der Waals surface area contributed by atoms with Crippen LogP contribution in [0.15, 0.2) is 24.3 Å². The normalized spacial score (nSPS) is 10.2. The topological polar surface area (TPSA) is 29.1 Å². The van der Waals surface area contributed by atoms with Gasteiger partial charge in [0.15, 0.2) is 0 Å². The maximum Gasteiger partial charge on any atom is 0.133 e. The van der Waals surface area contributed by atoms with E-state index in [2.05, 4.69) is 36.5 Å². The Morgan fingerprint density at radius 2 is 1.73 bits per heavy atom. The van der Waals surface area contributed by atoms with Crippen molar-refractivity contribution in [1.29, 1.82) is 0 Å². The number of hydrogen-bond donors (Lipinski definition) is 1. The lowest BCUT2D eigenvalue weighted by Crippen LogP contribution is -2.19. The van der Waals surface area contributed by atoms with Crippen LogP contribution in [0.2, 0.25) is 0 Å². The summed E-state index contributed by atoms with van der Waals surface area (Å²) in [5.41, 5.74) is 2.73. The molecular formula is C13H19NO. The number of benzene rings is 1. The fourth-order valence-electron chi connectivity index (χ4n) is 1.55. The van der Waals surface area contributed by atoms with E-state index in [1.807, 2.05) is 0 Å². The number of carbonyl (C=O) groups excluding carboxylic acids is 1. The van der Waals surface area contributed by atoms with Gasteiger partial charge in [-0.15, -0.1) is 0 Å². The Morgan fingerprint density at radius 1 is 1.13 bits per heavy atom. The molecule has 0 saturated heterocycles. The second kappa shape index (κ2) is 7.18. The smallest absolute Gasteiger partial charge is 0.133 e. The molecule has 0 fully saturated rings. The summed E-state index contributed by atoms with van der Waals surface area (Å²) in [6.07, 6.45) is 4.23. The molecule has 0 saturated carbocycles. The molecule has 0 bridgehead atoms. The maximum absolute atomic E-state index is 10.1. The van der Waals surface area contributed by atoms with E-state index in [0.29, 0.717) is 6.54 Å². The molecule has 0 aliphatic heterocycles. The van der Waals surface area contributed by atoms with Crippen molar-refractivity contribution in [3.63, 3.8) is 0 Å². The van der Waals surface area contributed by atoms with E-state index in [-0.39, 0.29) is 0 Å². The van der Waals surface area contributed by atoms with Crippen molar-refractivity contribution in [1.82, 2.24) is 5.32 Å². The fraction of sp³-hybridized carbons (Fsp3) is 0.462. The van der Waals surface area contributed by atoms with Gasteiger partial charge in [0.1, 0.15) is 6.29 Å². The van der Waals surface area contributed by atoms with Gasteiger partial charge in [0.25, 0.3) is 0 Å². The van der Waals surface area contributed by atoms with Crippen LogP contribution >= 0.6 is 0 Å². The van der Waals surface area contributed by atoms with E-state index in [0.717, 1.165) is 25.7 Å². The second-order valence-electron chi connectivity index (χ2n) is 3.69. The molecule has 82 valence electrons. The van der Waals surface area contributed by atoms with Crippen molar-refractivity contribution in [2.24, 2.45) is 0 Å². The lowest BCUT2D eigenvalue weighted by molar-refractivity contribution is -0.107. The van der Waals surface area contributed by atoms with Gasteiger partial charge >= 0.3 is 0 Å². The van der Waals surface area contributed by atoms with Crippen molar-refractivity contribution < 1.29 is 4.79 Å². The molecule has 1 rings (SSSR count). The summed E-state index contributed by atoms with van der Waals surface area (Å²) in [7, 11) is 0. The molecule has 0 atom stereocenters. The third kappa shape index (κ3) is 4.75. The molecule has 0 unspecified atom stereocenters. The number of nitrogens with one attached hydrogen (secondary N) is 1. The van der Waals surface area contributed by atoms with Gasteiger partial charge in [-0.3, -0.25) is 0 Å². The van der Waals surface area contributed by atoms with Crippen LogP contribution in [0, 0.1) is 0 Å². The zero-order valence-electron chi connectivity index (χ0n) is 9.33. The molecule has 0 amide bonds. The minimum absolute atomic E-state index is 0.452. The first kappa shape index (κ1) is 11.9. The van der Waals surface area contributed by atoms with Gasteiger partial charge in [-0.2, -0.15) is 0 Å². The van der Waals surface area contributed by atoms with Gasteiger partial charge in [0, 0.05) is 0 Å². The van der Waals surface area contributed by atoms with E-state index in [9.17, 15) is 4.79 Å². The van der Waals surface area contributed by atoms with Gasteiger partial charge in [-0.05, 0) is 30.5 Å². The standard InChI is InChI=1S/C13H19NO/c1-2-3-12-4-6-13(7-5-12)8-9-14-10-11-15/h4-7,11,14H,2-3,8-10H2,1H3. The summed E-state index contributed by atoms with van der Waals surface area (Å²) < 4.78 is 0. The summed E-state index contributed by atoms with van der Waals surface area (Å²) in [5, 5.41) is 3.06. The molecule has 1 aromatic carbocycles. The van der Waals surface area contributed by atoms with Crippen molar-refractivity contribution >= 4 is 6.29 Å². The lowest BCUT2D eigenvalue weighted by Gasteiger charge is -2.03. The number of aldehydes is 1. The summed E-state index contributed by atoms with van der Waals surface area (Å²) in [6.45, 7) is 3.51. The number of carbonyl (C=O) groups is 1. The Hall–Kier alpha value is -1.15. The molecule has 2 heteroatoms. The second-order valence-corrected chi connectivity index (χ2v) is 3.69. The Labute approximate surface area is 91.7 Å². The number of hydrogen-bond acceptors (Lipinski definition) is 2. The molecule has 0 radical (unpaired) electrons. The molecule has 0 aliphatic carbocycles. The Bertz CT molecular complexity index is 279. The summed E-state index contributed by atoms with van der Waals surface area (Å²) in [5.74, 6) is 0. The first-order valence-electron chi connectivity index (χ1n) is 5.59. The molecule has 0 aliphatic rings. The Morgan fingerprint density at radius 3 is 2.27 bits per heavy atom. The van der Waals surface area contributed by atoms with Crippen LogP contribution in [-0.2, 0) is 17.6 Å². The van der Waals surface area contributed by atoms with Crippen LogP contribution in [0.25, 0.3) is 0 Å². The molecule has 0 heterocycles. The van der Waals surface area contributed by atoms with E-state index < -0.39 is 0 Å². The summed E-state index contributed by atoms with van der Waals surface area (Å²) >= 11 is 0. The predicted octanol–water partition coefficient (Wildman–Crippen LogP) is 1.97. The Kier molecular flexibility index (Phi) is 5.71. The van der Waals surface area contributed by atoms with Crippen molar-refractivity contribution in [3.8, 4) is 0 Å². The molecule has 1 aromatic rings. The van der Waals surface area contributed by atoms with Gasteiger partial charge in [0.05, 0.1) is 6.54 Å². The zero-order valence-corrected chi connectivity index (χ0v) is 9.33. The van der Waals surface area contributed by atoms with Gasteiger partial charge in [-0.25, -0.2) is 0 Å². The van der Waals surface area contributed by atoms with Crippen LogP contribution in [0.5, 0.6) is 0 Å². The molecule has 0 spiro atoms. The van der Waals surface area contributed by atoms with Crippen molar-refractivity contribution in [2.75, 3.05) is 13.1 Å². The maximum atomic E-state index is 10.1. The first-order valence-corrected chi connectivity index (χ1v) is 5.59. The number of aryl methyl sites for hydroxylation is 1. The van der Waals surface area contributed by atoms with Crippen molar-refractivity contribution in [2.45, 2.75) is 26.2 Å². The highest BCUT2D eigenvalue weighted by molar-refractivity contribution is 5.51. The highest BCUT2D eigenvalue weighted by Crippen LogP contribution is 2.06. The van der Waals surface area contributed by atoms with Crippen LogP contribution in [0.3, 0.4) is 0 Å². The molecule has 2 nitrogen and oxygen atoms in total. The Balaban J connectivity index is 2.32. The van der Waals surface area contributed by atoms with Gasteiger partial charge in [-0.1, -0.05) is 37.6 Å². The summed E-state index contributed by atoms with van der Waals surface area (Å²) in [4.78, 5) is 10.1. The van der Waals surface area contributed by atoms with Gasteiger partial charge < -0.3 is 10.1 Å². The fourth-order valence-corrected chi connectivity index (χ4v) is 1.55. The van der Waals surface area contributed by atoms with E-state index in [4.69, 9.17) is 0 Å². The third-order valence-corrected chi connectivity index (χ3v) is 2.38. The average Bonchev–Trinajstić information content (AvgIpc) is 2.27. The van der Waals surface area contributed by atoms with Crippen LogP contribution in [0.4, 0.5) is 0 Å². The van der Waals surface area contributed by atoms with Crippen LogP contribution < -0.4 is 5.32 Å². The largest absolute Gasteiger partial charge is 0.310 e. The molecular weight excluding hydrogens is 186 g/mol. The summed E-state index contributed by atoms with van der Waals surface area (Å²) in [6, 6.07) is 8.73. The number of rotatable bonds is 7. The first-order chi connectivity index (χ1) is 7.36. The van der Waals surface area contributed by atoms with Crippen LogP contribution in [-0.4, -0.2) is 19.4 Å². The van der Waals surface area contributed by atoms with E-state index in [1.165, 1.54) is 17.5 Å². The monoisotopic (exact) mass is 205 g/mol.